The molecule has 1 aliphatic carbocycles. The van der Waals surface area contributed by atoms with Crippen LogP contribution in [-0.4, -0.2) is 39.4 Å². The van der Waals surface area contributed by atoms with Crippen LogP contribution in [0.5, 0.6) is 5.75 Å². The van der Waals surface area contributed by atoms with E-state index in [0.29, 0.717) is 17.7 Å². The number of hydrogen-bond donors (Lipinski definition) is 1. The number of rotatable bonds is 7. The lowest BCUT2D eigenvalue weighted by molar-refractivity contribution is 0.0729. The fraction of sp³-hybridized carbons (Fsp3) is 0.381. The molecular weight excluding hydrogens is 376 g/mol. The number of nitrogens with zero attached hydrogens (tertiary/aromatic N) is 1. The van der Waals surface area contributed by atoms with Crippen LogP contribution in [0.2, 0.25) is 0 Å². The van der Waals surface area contributed by atoms with Crippen molar-refractivity contribution in [1.29, 1.82) is 0 Å². The molecule has 0 unspecified atom stereocenters. The Morgan fingerprint density at radius 2 is 1.82 bits per heavy atom. The second kappa shape index (κ2) is 7.93. The molecule has 3 rings (SSSR count). The Labute approximate surface area is 166 Å². The first-order valence-electron chi connectivity index (χ1n) is 9.25. The molecule has 2 aromatic carbocycles. The van der Waals surface area contributed by atoms with E-state index in [4.69, 9.17) is 4.74 Å². The van der Waals surface area contributed by atoms with E-state index < -0.39 is 10.0 Å². The Kier molecular flexibility index (Phi) is 5.76. The summed E-state index contributed by atoms with van der Waals surface area (Å²) in [5.74, 6) is 0.623. The number of carbonyl (C=O) groups is 1. The molecule has 2 aromatic rings. The minimum Gasteiger partial charge on any atom is -0.497 e. The van der Waals surface area contributed by atoms with Gasteiger partial charge in [0.2, 0.25) is 10.0 Å². The molecule has 0 radical (unpaired) electrons. The first-order valence-corrected chi connectivity index (χ1v) is 10.7. The van der Waals surface area contributed by atoms with Gasteiger partial charge in [-0.15, -0.1) is 0 Å². The normalized spacial score (nSPS) is 14.0. The van der Waals surface area contributed by atoms with Gasteiger partial charge in [-0.05, 0) is 74.7 Å². The van der Waals surface area contributed by atoms with E-state index in [0.717, 1.165) is 29.7 Å². The lowest BCUT2D eigenvalue weighted by Gasteiger charge is -2.24. The number of hydrogen-bond acceptors (Lipinski definition) is 4. The quantitative estimate of drug-likeness (QED) is 0.772. The van der Waals surface area contributed by atoms with Gasteiger partial charge < -0.3 is 9.64 Å². The molecule has 0 bridgehead atoms. The molecule has 1 amide bonds. The van der Waals surface area contributed by atoms with Crippen molar-refractivity contribution >= 4 is 15.9 Å². The van der Waals surface area contributed by atoms with Crippen molar-refractivity contribution in [3.8, 4) is 5.75 Å². The summed E-state index contributed by atoms with van der Waals surface area (Å²) in [5.41, 5.74) is 2.84. The van der Waals surface area contributed by atoms with Gasteiger partial charge in [-0.25, -0.2) is 13.1 Å². The molecule has 0 atom stereocenters. The lowest BCUT2D eigenvalue weighted by atomic mass is 10.0. The summed E-state index contributed by atoms with van der Waals surface area (Å²) in [6.45, 7) is 4.06. The van der Waals surface area contributed by atoms with E-state index >= 15 is 0 Å². The lowest BCUT2D eigenvalue weighted by Crippen LogP contribution is -2.33. The summed E-state index contributed by atoms with van der Waals surface area (Å²) >= 11 is 0. The van der Waals surface area contributed by atoms with Gasteiger partial charge in [0, 0.05) is 18.2 Å². The van der Waals surface area contributed by atoms with Crippen molar-refractivity contribution in [1.82, 2.24) is 9.62 Å². The van der Waals surface area contributed by atoms with Crippen molar-refractivity contribution in [2.45, 2.75) is 44.2 Å². The Balaban J connectivity index is 1.93. The van der Waals surface area contributed by atoms with Crippen molar-refractivity contribution in [2.75, 3.05) is 14.2 Å². The molecular formula is C21H26N2O4S. The molecule has 1 saturated carbocycles. The van der Waals surface area contributed by atoms with Gasteiger partial charge in [0.1, 0.15) is 5.75 Å². The van der Waals surface area contributed by atoms with Crippen molar-refractivity contribution in [3.05, 3.63) is 58.7 Å². The van der Waals surface area contributed by atoms with Gasteiger partial charge in [-0.3, -0.25) is 4.79 Å². The number of carbonyl (C=O) groups excluding carboxylic acids is 1. The van der Waals surface area contributed by atoms with Crippen LogP contribution in [0.4, 0.5) is 0 Å². The van der Waals surface area contributed by atoms with E-state index in [1.165, 1.54) is 13.1 Å². The van der Waals surface area contributed by atoms with Crippen LogP contribution in [0.1, 0.15) is 39.9 Å². The van der Waals surface area contributed by atoms with Gasteiger partial charge in [-0.2, -0.15) is 0 Å². The number of benzene rings is 2. The molecule has 0 saturated heterocycles. The molecule has 28 heavy (non-hydrogen) atoms. The van der Waals surface area contributed by atoms with Crippen molar-refractivity contribution < 1.29 is 17.9 Å². The average molecular weight is 403 g/mol. The average Bonchev–Trinajstić information content (AvgIpc) is 3.53. The highest BCUT2D eigenvalue weighted by Crippen LogP contribution is 2.31. The second-order valence-electron chi connectivity index (χ2n) is 7.14. The Bertz CT molecular complexity index is 980. The third-order valence-electron chi connectivity index (χ3n) is 5.19. The second-order valence-corrected chi connectivity index (χ2v) is 8.99. The largest absolute Gasteiger partial charge is 0.497 e. The van der Waals surface area contributed by atoms with Gasteiger partial charge in [0.25, 0.3) is 5.91 Å². The zero-order valence-electron chi connectivity index (χ0n) is 16.7. The predicted octanol–water partition coefficient (Wildman–Crippen LogP) is 3.02. The van der Waals surface area contributed by atoms with Crippen LogP contribution in [0.3, 0.4) is 0 Å². The fourth-order valence-electron chi connectivity index (χ4n) is 3.19. The minimum absolute atomic E-state index is 0.144. The molecule has 7 heteroatoms. The highest BCUT2D eigenvalue weighted by molar-refractivity contribution is 7.89. The van der Waals surface area contributed by atoms with Crippen LogP contribution in [0.15, 0.2) is 41.3 Å². The summed E-state index contributed by atoms with van der Waals surface area (Å²) in [6, 6.07) is 11.1. The highest BCUT2D eigenvalue weighted by Gasteiger charge is 2.33. The Morgan fingerprint density at radius 3 is 2.36 bits per heavy atom. The van der Waals surface area contributed by atoms with E-state index in [2.05, 4.69) is 4.72 Å². The summed E-state index contributed by atoms with van der Waals surface area (Å²) in [4.78, 5) is 15.3. The maximum absolute atomic E-state index is 13.3. The molecule has 1 fully saturated rings. The number of methoxy groups -OCH3 is 1. The number of sulfonamides is 1. The first-order chi connectivity index (χ1) is 13.3. The Morgan fingerprint density at radius 1 is 1.18 bits per heavy atom. The molecule has 1 N–H and O–H groups in total. The van der Waals surface area contributed by atoms with E-state index in [1.54, 1.807) is 20.1 Å². The summed E-state index contributed by atoms with van der Waals surface area (Å²) < 4.78 is 32.3. The molecule has 0 heterocycles. The predicted molar refractivity (Wildman–Crippen MR) is 108 cm³/mol. The monoisotopic (exact) mass is 402 g/mol. The van der Waals surface area contributed by atoms with E-state index in [9.17, 15) is 13.2 Å². The van der Waals surface area contributed by atoms with E-state index in [-0.39, 0.29) is 16.8 Å². The van der Waals surface area contributed by atoms with Gasteiger partial charge in [0.15, 0.2) is 0 Å². The van der Waals surface area contributed by atoms with Gasteiger partial charge >= 0.3 is 0 Å². The van der Waals surface area contributed by atoms with Gasteiger partial charge in [-0.1, -0.05) is 12.1 Å². The molecule has 150 valence electrons. The maximum atomic E-state index is 13.3. The van der Waals surface area contributed by atoms with Gasteiger partial charge in [0.05, 0.1) is 12.0 Å². The number of ether oxygens (including phenoxy) is 1. The summed E-state index contributed by atoms with van der Waals surface area (Å²) in [6.07, 6.45) is 1.93. The zero-order chi connectivity index (χ0) is 20.5. The van der Waals surface area contributed by atoms with Crippen LogP contribution in [0.25, 0.3) is 0 Å². The summed E-state index contributed by atoms with van der Waals surface area (Å²) in [5, 5.41) is 0. The third kappa shape index (κ3) is 4.20. The molecule has 0 aliphatic heterocycles. The van der Waals surface area contributed by atoms with Crippen molar-refractivity contribution in [3.63, 3.8) is 0 Å². The number of amides is 1. The Hall–Kier alpha value is -2.38. The van der Waals surface area contributed by atoms with Crippen LogP contribution < -0.4 is 9.46 Å². The maximum Gasteiger partial charge on any atom is 0.254 e. The molecule has 6 nitrogen and oxygen atoms in total. The molecule has 1 aliphatic rings. The number of nitrogens with one attached hydrogen (secondary N) is 1. The topological polar surface area (TPSA) is 75.7 Å². The summed E-state index contributed by atoms with van der Waals surface area (Å²) in [7, 11) is -0.649. The SMILES string of the molecule is CNS(=O)(=O)c1cc(C(=O)N(Cc2ccc(OC)cc2)C2CC2)cc(C)c1C. The molecule has 0 spiro atoms. The standard InChI is InChI=1S/C21H26N2O4S/c1-14-11-17(12-20(15(14)2)28(25,26)22-3)21(24)23(18-7-8-18)13-16-5-9-19(27-4)10-6-16/h5-6,9-12,18,22H,7-8,13H2,1-4H3. The van der Waals surface area contributed by atoms with Crippen LogP contribution in [-0.2, 0) is 16.6 Å². The first kappa shape index (κ1) is 20.4. The number of aryl methyl sites for hydroxylation is 1. The third-order valence-corrected chi connectivity index (χ3v) is 6.73. The smallest absolute Gasteiger partial charge is 0.254 e. The highest BCUT2D eigenvalue weighted by atomic mass is 32.2. The van der Waals surface area contributed by atoms with Crippen LogP contribution >= 0.6 is 0 Å². The zero-order valence-corrected chi connectivity index (χ0v) is 17.5. The van der Waals surface area contributed by atoms with E-state index in [1.807, 2.05) is 36.1 Å². The van der Waals surface area contributed by atoms with Crippen LogP contribution in [0, 0.1) is 13.8 Å². The molecule has 0 aromatic heterocycles. The van der Waals surface area contributed by atoms with Crippen molar-refractivity contribution in [2.24, 2.45) is 0 Å². The minimum atomic E-state index is -3.64. The fourth-order valence-corrected chi connectivity index (χ4v) is 4.25.